The Labute approximate surface area is 110 Å². The van der Waals surface area contributed by atoms with Crippen LogP contribution in [0, 0.1) is 0 Å². The summed E-state index contributed by atoms with van der Waals surface area (Å²) in [4.78, 5) is 24.1. The van der Waals surface area contributed by atoms with Crippen LogP contribution in [0.2, 0.25) is 0 Å². The number of hydrogen-bond donors (Lipinski definition) is 1. The van der Waals surface area contributed by atoms with Crippen molar-refractivity contribution in [3.63, 3.8) is 0 Å². The summed E-state index contributed by atoms with van der Waals surface area (Å²) in [6, 6.07) is 4.55. The lowest BCUT2D eigenvalue weighted by atomic mass is 10.1. The number of nitrogens with zero attached hydrogens (tertiary/aromatic N) is 1. The molecule has 6 nitrogen and oxygen atoms in total. The average molecular weight is 314 g/mol. The van der Waals surface area contributed by atoms with Crippen molar-refractivity contribution in [2.75, 3.05) is 11.5 Å². The summed E-state index contributed by atoms with van der Waals surface area (Å²) in [5, 5.41) is 9.00. The van der Waals surface area contributed by atoms with Gasteiger partial charge in [0.2, 0.25) is 6.10 Å². The summed E-state index contributed by atoms with van der Waals surface area (Å²) in [5.41, 5.74) is 0.531. The fourth-order valence-electron chi connectivity index (χ4n) is 2.15. The van der Waals surface area contributed by atoms with Crippen LogP contribution in [0.15, 0.2) is 22.7 Å². The first-order valence-corrected chi connectivity index (χ1v) is 6.02. The Morgan fingerprint density at radius 3 is 3.00 bits per heavy atom. The summed E-state index contributed by atoms with van der Waals surface area (Å²) in [6.45, 7) is 0.103. The SMILES string of the molecule is O=C(O)[C@@H]1OC(=O)N2c3ccc(Br)cc3OC[C@@H]12. The monoisotopic (exact) mass is 313 g/mol. The van der Waals surface area contributed by atoms with E-state index in [1.807, 2.05) is 0 Å². The predicted molar refractivity (Wildman–Crippen MR) is 63.8 cm³/mol. The van der Waals surface area contributed by atoms with E-state index in [-0.39, 0.29) is 6.61 Å². The van der Waals surface area contributed by atoms with Gasteiger partial charge in [0, 0.05) is 4.47 Å². The number of ether oxygens (including phenoxy) is 2. The van der Waals surface area contributed by atoms with Gasteiger partial charge in [-0.25, -0.2) is 9.59 Å². The molecule has 0 spiro atoms. The van der Waals surface area contributed by atoms with Gasteiger partial charge in [-0.05, 0) is 18.2 Å². The van der Waals surface area contributed by atoms with Crippen LogP contribution in [-0.2, 0) is 9.53 Å². The number of carboxylic acids is 1. The van der Waals surface area contributed by atoms with Crippen LogP contribution >= 0.6 is 15.9 Å². The lowest BCUT2D eigenvalue weighted by Crippen LogP contribution is -2.46. The highest BCUT2D eigenvalue weighted by molar-refractivity contribution is 9.10. The Hall–Kier alpha value is -1.76. The molecule has 1 aromatic rings. The van der Waals surface area contributed by atoms with E-state index >= 15 is 0 Å². The molecule has 1 fully saturated rings. The van der Waals surface area contributed by atoms with Gasteiger partial charge in [-0.15, -0.1) is 0 Å². The molecule has 0 unspecified atom stereocenters. The molecular weight excluding hydrogens is 306 g/mol. The highest BCUT2D eigenvalue weighted by atomic mass is 79.9. The Kier molecular flexibility index (Phi) is 2.44. The van der Waals surface area contributed by atoms with Gasteiger partial charge in [0.1, 0.15) is 18.4 Å². The number of halogens is 1. The first kappa shape index (κ1) is 11.3. The summed E-state index contributed by atoms with van der Waals surface area (Å²) in [6.07, 6.45) is -1.84. The van der Waals surface area contributed by atoms with Crippen LogP contribution in [0.5, 0.6) is 5.75 Å². The van der Waals surface area contributed by atoms with E-state index in [4.69, 9.17) is 14.6 Å². The van der Waals surface area contributed by atoms with Crippen LogP contribution in [-0.4, -0.2) is 35.9 Å². The van der Waals surface area contributed by atoms with E-state index in [1.165, 1.54) is 4.90 Å². The third kappa shape index (κ3) is 1.54. The minimum Gasteiger partial charge on any atom is -0.489 e. The van der Waals surface area contributed by atoms with Crippen molar-refractivity contribution in [2.24, 2.45) is 0 Å². The fraction of sp³-hybridized carbons (Fsp3) is 0.273. The zero-order valence-electron chi connectivity index (χ0n) is 9.00. The number of cyclic esters (lactones) is 1. The molecule has 1 N–H and O–H groups in total. The number of carboxylic acid groups (broad SMARTS) is 1. The topological polar surface area (TPSA) is 76.1 Å². The van der Waals surface area contributed by atoms with Crippen molar-refractivity contribution < 1.29 is 24.2 Å². The van der Waals surface area contributed by atoms with Crippen LogP contribution in [0.4, 0.5) is 10.5 Å². The van der Waals surface area contributed by atoms with Crippen molar-refractivity contribution in [1.29, 1.82) is 0 Å². The molecular formula is C11H8BrNO5. The minimum absolute atomic E-state index is 0.103. The number of carbonyl (C=O) groups is 2. The highest BCUT2D eigenvalue weighted by Crippen LogP contribution is 2.40. The average Bonchev–Trinajstić information content (AvgIpc) is 2.67. The zero-order valence-corrected chi connectivity index (χ0v) is 10.6. The quantitative estimate of drug-likeness (QED) is 0.852. The zero-order chi connectivity index (χ0) is 12.9. The number of carbonyl (C=O) groups excluding carboxylic acids is 1. The second-order valence-corrected chi connectivity index (χ2v) is 4.92. The second-order valence-electron chi connectivity index (χ2n) is 4.00. The van der Waals surface area contributed by atoms with E-state index in [2.05, 4.69) is 15.9 Å². The minimum atomic E-state index is -1.19. The summed E-state index contributed by atoms with van der Waals surface area (Å²) in [7, 11) is 0. The predicted octanol–water partition coefficient (Wildman–Crippen LogP) is 1.62. The molecule has 1 aromatic carbocycles. The first-order valence-electron chi connectivity index (χ1n) is 5.23. The smallest absolute Gasteiger partial charge is 0.415 e. The molecule has 7 heteroatoms. The number of fused-ring (bicyclic) bond motifs is 3. The van der Waals surface area contributed by atoms with Crippen LogP contribution < -0.4 is 9.64 Å². The van der Waals surface area contributed by atoms with Crippen LogP contribution in [0.3, 0.4) is 0 Å². The number of benzene rings is 1. The lowest BCUT2D eigenvalue weighted by molar-refractivity contribution is -0.146. The highest BCUT2D eigenvalue weighted by Gasteiger charge is 2.50. The molecule has 0 bridgehead atoms. The van der Waals surface area contributed by atoms with Gasteiger partial charge in [-0.3, -0.25) is 4.90 Å². The van der Waals surface area contributed by atoms with Crippen LogP contribution in [0.25, 0.3) is 0 Å². The Morgan fingerprint density at radius 1 is 1.50 bits per heavy atom. The fourth-order valence-corrected chi connectivity index (χ4v) is 2.49. The summed E-state index contributed by atoms with van der Waals surface area (Å²) >= 11 is 3.30. The second kappa shape index (κ2) is 3.88. The van der Waals surface area contributed by atoms with Gasteiger partial charge in [0.05, 0.1) is 5.69 Å². The summed E-state index contributed by atoms with van der Waals surface area (Å²) in [5.74, 6) is -0.636. The number of hydrogen-bond acceptors (Lipinski definition) is 4. The molecule has 1 saturated heterocycles. The van der Waals surface area contributed by atoms with Crippen molar-refractivity contribution in [1.82, 2.24) is 0 Å². The van der Waals surface area contributed by atoms with Gasteiger partial charge >= 0.3 is 12.1 Å². The largest absolute Gasteiger partial charge is 0.489 e. The molecule has 0 aliphatic carbocycles. The number of amides is 1. The molecule has 0 radical (unpaired) electrons. The van der Waals surface area contributed by atoms with Crippen molar-refractivity contribution in [2.45, 2.75) is 12.1 Å². The Bertz CT molecular complexity index is 546. The van der Waals surface area contributed by atoms with Gasteiger partial charge in [-0.2, -0.15) is 0 Å². The van der Waals surface area contributed by atoms with E-state index in [9.17, 15) is 9.59 Å². The summed E-state index contributed by atoms with van der Waals surface area (Å²) < 4.78 is 11.2. The van der Waals surface area contributed by atoms with E-state index < -0.39 is 24.2 Å². The third-order valence-electron chi connectivity index (χ3n) is 2.94. The number of anilines is 1. The molecule has 0 aromatic heterocycles. The third-order valence-corrected chi connectivity index (χ3v) is 3.43. The standard InChI is InChI=1S/C11H8BrNO5/c12-5-1-2-6-8(3-5)17-4-7-9(10(14)15)18-11(16)13(6)7/h1-3,7,9H,4H2,(H,14,15)/t7-,9+/m0/s1. The first-order chi connectivity index (χ1) is 8.58. The molecule has 94 valence electrons. The molecule has 2 atom stereocenters. The molecule has 3 rings (SSSR count). The molecule has 0 saturated carbocycles. The Morgan fingerprint density at radius 2 is 2.28 bits per heavy atom. The molecule has 2 aliphatic heterocycles. The van der Waals surface area contributed by atoms with Gasteiger partial charge in [-0.1, -0.05) is 15.9 Å². The van der Waals surface area contributed by atoms with Gasteiger partial charge in [0.15, 0.2) is 0 Å². The number of rotatable bonds is 1. The van der Waals surface area contributed by atoms with Gasteiger partial charge in [0.25, 0.3) is 0 Å². The molecule has 2 heterocycles. The normalized spacial score (nSPS) is 24.9. The van der Waals surface area contributed by atoms with Crippen molar-refractivity contribution in [3.8, 4) is 5.75 Å². The van der Waals surface area contributed by atoms with E-state index in [1.54, 1.807) is 18.2 Å². The maximum absolute atomic E-state index is 11.7. The van der Waals surface area contributed by atoms with Crippen molar-refractivity contribution in [3.05, 3.63) is 22.7 Å². The van der Waals surface area contributed by atoms with E-state index in [0.29, 0.717) is 11.4 Å². The maximum Gasteiger partial charge on any atom is 0.415 e. The Balaban J connectivity index is 2.04. The van der Waals surface area contributed by atoms with E-state index in [0.717, 1.165) is 4.47 Å². The molecule has 1 amide bonds. The molecule has 2 aliphatic rings. The molecule has 18 heavy (non-hydrogen) atoms. The lowest BCUT2D eigenvalue weighted by Gasteiger charge is -2.30. The van der Waals surface area contributed by atoms with Crippen LogP contribution in [0.1, 0.15) is 0 Å². The van der Waals surface area contributed by atoms with Crippen molar-refractivity contribution >= 4 is 33.7 Å². The van der Waals surface area contributed by atoms with Gasteiger partial charge < -0.3 is 14.6 Å². The number of aliphatic carboxylic acids is 1. The maximum atomic E-state index is 11.7.